The van der Waals surface area contributed by atoms with E-state index in [4.69, 9.17) is 5.26 Å². The highest BCUT2D eigenvalue weighted by atomic mass is 19.1. The lowest BCUT2D eigenvalue weighted by Gasteiger charge is -2.06. The van der Waals surface area contributed by atoms with Crippen LogP contribution < -0.4 is 10.6 Å². The van der Waals surface area contributed by atoms with Gasteiger partial charge < -0.3 is 10.6 Å². The van der Waals surface area contributed by atoms with E-state index in [0.29, 0.717) is 25.1 Å². The van der Waals surface area contributed by atoms with Gasteiger partial charge >= 0.3 is 0 Å². The Labute approximate surface area is 116 Å². The lowest BCUT2D eigenvalue weighted by molar-refractivity contribution is -0.120. The maximum atomic E-state index is 12.9. The first kappa shape index (κ1) is 15.6. The minimum absolute atomic E-state index is 0.124. The van der Waals surface area contributed by atoms with Gasteiger partial charge in [0.05, 0.1) is 12.5 Å². The van der Waals surface area contributed by atoms with Crippen LogP contribution in [0, 0.1) is 17.1 Å². The number of halogens is 1. The third-order valence-electron chi connectivity index (χ3n) is 2.49. The van der Waals surface area contributed by atoms with Gasteiger partial charge in [-0.2, -0.15) is 5.26 Å². The predicted octanol–water partition coefficient (Wildman–Crippen LogP) is 0.904. The van der Waals surface area contributed by atoms with Crippen LogP contribution in [-0.4, -0.2) is 24.9 Å². The molecule has 1 aromatic carbocycles. The van der Waals surface area contributed by atoms with Gasteiger partial charge in [0.2, 0.25) is 11.8 Å². The maximum absolute atomic E-state index is 12.9. The number of rotatable bonds is 7. The van der Waals surface area contributed by atoms with Crippen LogP contribution in [0.1, 0.15) is 18.4 Å². The molecular formula is C14H16FN3O2. The van der Waals surface area contributed by atoms with Crippen molar-refractivity contribution in [2.24, 2.45) is 0 Å². The number of nitrogens with one attached hydrogen (secondary N) is 2. The number of amides is 2. The smallest absolute Gasteiger partial charge is 0.234 e. The van der Waals surface area contributed by atoms with Gasteiger partial charge in [0.15, 0.2) is 0 Å². The predicted molar refractivity (Wildman–Crippen MR) is 71.0 cm³/mol. The first-order chi connectivity index (χ1) is 9.61. The quantitative estimate of drug-likeness (QED) is 0.727. The second kappa shape index (κ2) is 8.64. The summed E-state index contributed by atoms with van der Waals surface area (Å²) in [6, 6.07) is 7.64. The number of nitriles is 1. The van der Waals surface area contributed by atoms with E-state index in [-0.39, 0.29) is 30.5 Å². The first-order valence-corrected chi connectivity index (χ1v) is 6.26. The van der Waals surface area contributed by atoms with Crippen molar-refractivity contribution in [1.29, 1.82) is 5.26 Å². The second-order valence-electron chi connectivity index (χ2n) is 4.20. The van der Waals surface area contributed by atoms with Gasteiger partial charge in [0.25, 0.3) is 0 Å². The molecule has 0 aliphatic carbocycles. The number of carbonyl (C=O) groups excluding carboxylic acids is 2. The zero-order valence-electron chi connectivity index (χ0n) is 11.0. The van der Waals surface area contributed by atoms with E-state index in [1.807, 2.05) is 0 Å². The Morgan fingerprint density at radius 2 is 1.90 bits per heavy atom. The van der Waals surface area contributed by atoms with Crippen molar-refractivity contribution < 1.29 is 14.0 Å². The van der Waals surface area contributed by atoms with Crippen LogP contribution >= 0.6 is 0 Å². The molecule has 106 valence electrons. The highest BCUT2D eigenvalue weighted by molar-refractivity contribution is 5.78. The van der Waals surface area contributed by atoms with Gasteiger partial charge in [0.1, 0.15) is 12.2 Å². The lowest BCUT2D eigenvalue weighted by Crippen LogP contribution is -2.30. The zero-order valence-corrected chi connectivity index (χ0v) is 11.0. The maximum Gasteiger partial charge on any atom is 0.234 e. The summed E-state index contributed by atoms with van der Waals surface area (Å²) in [5.74, 6) is -0.881. The van der Waals surface area contributed by atoms with Crippen molar-refractivity contribution in [3.8, 4) is 6.07 Å². The minimum Gasteiger partial charge on any atom is -0.356 e. The molecule has 1 rings (SSSR count). The lowest BCUT2D eigenvalue weighted by atomic mass is 10.1. The van der Waals surface area contributed by atoms with Crippen LogP contribution in [0.3, 0.4) is 0 Å². The van der Waals surface area contributed by atoms with Crippen molar-refractivity contribution in [1.82, 2.24) is 10.6 Å². The van der Waals surface area contributed by atoms with Crippen molar-refractivity contribution in [2.75, 3.05) is 13.1 Å². The third kappa shape index (κ3) is 6.50. The Balaban J connectivity index is 2.15. The standard InChI is InChI=1S/C14H16FN3O2/c15-12-4-1-3-11(9-12)10-14(20)18-8-2-7-17-13(19)5-6-16/h1,3-4,9H,2,5,7-8,10H2,(H,17,19)(H,18,20). The van der Waals surface area contributed by atoms with E-state index in [9.17, 15) is 14.0 Å². The van der Waals surface area contributed by atoms with E-state index in [1.165, 1.54) is 12.1 Å². The summed E-state index contributed by atoms with van der Waals surface area (Å²) in [5, 5.41) is 13.5. The second-order valence-corrected chi connectivity index (χ2v) is 4.20. The number of hydrogen-bond donors (Lipinski definition) is 2. The molecule has 2 N–H and O–H groups in total. The van der Waals surface area contributed by atoms with Gasteiger partial charge in [-0.25, -0.2) is 4.39 Å². The molecule has 0 spiro atoms. The molecule has 0 radical (unpaired) electrons. The molecule has 0 saturated carbocycles. The Kier molecular flexibility index (Phi) is 6.76. The minimum atomic E-state index is -0.365. The van der Waals surface area contributed by atoms with Crippen LogP contribution in [0.4, 0.5) is 4.39 Å². The molecule has 1 aromatic rings. The normalized spacial score (nSPS) is 9.60. The average molecular weight is 277 g/mol. The third-order valence-corrected chi connectivity index (χ3v) is 2.49. The topological polar surface area (TPSA) is 82.0 Å². The fourth-order valence-corrected chi connectivity index (χ4v) is 1.57. The largest absolute Gasteiger partial charge is 0.356 e. The van der Waals surface area contributed by atoms with Crippen molar-refractivity contribution in [3.63, 3.8) is 0 Å². The molecular weight excluding hydrogens is 261 g/mol. The molecule has 0 atom stereocenters. The fourth-order valence-electron chi connectivity index (χ4n) is 1.57. The van der Waals surface area contributed by atoms with Gasteiger partial charge in [-0.3, -0.25) is 9.59 Å². The van der Waals surface area contributed by atoms with Gasteiger partial charge in [0, 0.05) is 13.1 Å². The van der Waals surface area contributed by atoms with Crippen LogP contribution in [0.25, 0.3) is 0 Å². The number of benzene rings is 1. The number of hydrogen-bond acceptors (Lipinski definition) is 3. The summed E-state index contributed by atoms with van der Waals surface area (Å²) < 4.78 is 12.9. The summed E-state index contributed by atoms with van der Waals surface area (Å²) >= 11 is 0. The molecule has 0 saturated heterocycles. The number of nitrogens with zero attached hydrogens (tertiary/aromatic N) is 1. The molecule has 0 aliphatic rings. The van der Waals surface area contributed by atoms with E-state index < -0.39 is 0 Å². The van der Waals surface area contributed by atoms with Crippen molar-refractivity contribution in [3.05, 3.63) is 35.6 Å². The van der Waals surface area contributed by atoms with E-state index in [2.05, 4.69) is 10.6 Å². The highest BCUT2D eigenvalue weighted by Gasteiger charge is 2.04. The first-order valence-electron chi connectivity index (χ1n) is 6.26. The molecule has 0 fully saturated rings. The SMILES string of the molecule is N#CCC(=O)NCCCNC(=O)Cc1cccc(F)c1. The summed E-state index contributed by atoms with van der Waals surface area (Å²) in [6.07, 6.45) is 0.538. The van der Waals surface area contributed by atoms with E-state index in [1.54, 1.807) is 18.2 Å². The Hall–Kier alpha value is -2.42. The Bertz CT molecular complexity index is 511. The molecule has 2 amide bonds. The summed E-state index contributed by atoms with van der Waals surface area (Å²) in [7, 11) is 0. The molecule has 20 heavy (non-hydrogen) atoms. The van der Waals surface area contributed by atoms with Crippen molar-refractivity contribution >= 4 is 11.8 Å². The highest BCUT2D eigenvalue weighted by Crippen LogP contribution is 2.03. The van der Waals surface area contributed by atoms with E-state index in [0.717, 1.165) is 0 Å². The molecule has 5 nitrogen and oxygen atoms in total. The molecule has 0 bridgehead atoms. The Morgan fingerprint density at radius 1 is 1.20 bits per heavy atom. The Morgan fingerprint density at radius 3 is 2.55 bits per heavy atom. The summed E-state index contributed by atoms with van der Waals surface area (Å²) in [5.41, 5.74) is 0.616. The van der Waals surface area contributed by atoms with Crippen LogP contribution in [0.5, 0.6) is 0 Å². The van der Waals surface area contributed by atoms with Crippen LogP contribution in [0.2, 0.25) is 0 Å². The molecule has 0 heterocycles. The fraction of sp³-hybridized carbons (Fsp3) is 0.357. The summed E-state index contributed by atoms with van der Waals surface area (Å²) in [4.78, 5) is 22.5. The molecule has 6 heteroatoms. The summed E-state index contributed by atoms with van der Waals surface area (Å²) in [6.45, 7) is 0.821. The molecule has 0 aromatic heterocycles. The molecule has 0 unspecified atom stereocenters. The van der Waals surface area contributed by atoms with Gasteiger partial charge in [-0.05, 0) is 24.1 Å². The number of carbonyl (C=O) groups is 2. The van der Waals surface area contributed by atoms with Crippen molar-refractivity contribution in [2.45, 2.75) is 19.3 Å². The van der Waals surface area contributed by atoms with Crippen LogP contribution in [0.15, 0.2) is 24.3 Å². The monoisotopic (exact) mass is 277 g/mol. The van der Waals surface area contributed by atoms with Gasteiger partial charge in [-0.15, -0.1) is 0 Å². The van der Waals surface area contributed by atoms with Crippen LogP contribution in [-0.2, 0) is 16.0 Å². The molecule has 0 aliphatic heterocycles. The average Bonchev–Trinajstić information content (AvgIpc) is 2.38. The van der Waals surface area contributed by atoms with E-state index >= 15 is 0 Å². The van der Waals surface area contributed by atoms with Gasteiger partial charge in [-0.1, -0.05) is 12.1 Å². The zero-order chi connectivity index (χ0) is 14.8.